The van der Waals surface area contributed by atoms with Crippen LogP contribution in [0.15, 0.2) is 12.1 Å². The number of nitro groups is 1. The minimum Gasteiger partial charge on any atom is -0.370 e. The molecule has 6 nitrogen and oxygen atoms in total. The van der Waals surface area contributed by atoms with Gasteiger partial charge in [-0.15, -0.1) is 0 Å². The van der Waals surface area contributed by atoms with Crippen molar-refractivity contribution in [3.63, 3.8) is 0 Å². The first-order valence-corrected chi connectivity index (χ1v) is 6.77. The Hall–Kier alpha value is -1.85. The van der Waals surface area contributed by atoms with Crippen molar-refractivity contribution in [3.05, 3.63) is 22.2 Å². The number of nitrogens with zero attached hydrogens (tertiary/aromatic N) is 2. The molecule has 0 amide bonds. The molecule has 2 N–H and O–H groups in total. The van der Waals surface area contributed by atoms with Crippen LogP contribution in [0, 0.1) is 16.0 Å². The van der Waals surface area contributed by atoms with E-state index in [-0.39, 0.29) is 16.7 Å². The van der Waals surface area contributed by atoms with Gasteiger partial charge in [0.25, 0.3) is 0 Å². The first-order chi connectivity index (χ1) is 9.11. The summed E-state index contributed by atoms with van der Waals surface area (Å²) >= 11 is 0. The van der Waals surface area contributed by atoms with Gasteiger partial charge in [-0.3, -0.25) is 10.1 Å². The highest BCUT2D eigenvalue weighted by atomic mass is 16.6. The van der Waals surface area contributed by atoms with E-state index in [4.69, 9.17) is 0 Å². The van der Waals surface area contributed by atoms with Crippen molar-refractivity contribution in [1.29, 1.82) is 0 Å². The molecule has 2 atom stereocenters. The fraction of sp³-hybridized carbons (Fsp3) is 0.615. The van der Waals surface area contributed by atoms with E-state index in [2.05, 4.69) is 22.5 Å². The predicted molar refractivity (Wildman–Crippen MR) is 75.5 cm³/mol. The molecular formula is C13H20N4O2. The van der Waals surface area contributed by atoms with Gasteiger partial charge in [-0.1, -0.05) is 13.3 Å². The van der Waals surface area contributed by atoms with Crippen LogP contribution in [0.3, 0.4) is 0 Å². The minimum atomic E-state index is -0.384. The van der Waals surface area contributed by atoms with Gasteiger partial charge in [0.2, 0.25) is 5.82 Å². The second-order valence-corrected chi connectivity index (χ2v) is 5.01. The fourth-order valence-corrected chi connectivity index (χ4v) is 2.52. The number of hydrogen-bond acceptors (Lipinski definition) is 5. The number of aromatic nitrogens is 1. The molecule has 2 rings (SSSR count). The molecular weight excluding hydrogens is 244 g/mol. The van der Waals surface area contributed by atoms with Crippen LogP contribution >= 0.6 is 0 Å². The lowest BCUT2D eigenvalue weighted by Crippen LogP contribution is -2.23. The third kappa shape index (κ3) is 3.13. The normalized spacial score (nSPS) is 22.2. The maximum absolute atomic E-state index is 11.1. The summed E-state index contributed by atoms with van der Waals surface area (Å²) < 4.78 is 0. The molecule has 6 heteroatoms. The summed E-state index contributed by atoms with van der Waals surface area (Å²) in [6, 6.07) is 3.43. The van der Waals surface area contributed by atoms with E-state index in [0.29, 0.717) is 17.6 Å². The van der Waals surface area contributed by atoms with Crippen LogP contribution in [0.25, 0.3) is 0 Å². The van der Waals surface area contributed by atoms with E-state index in [1.54, 1.807) is 6.07 Å². The van der Waals surface area contributed by atoms with E-state index in [1.165, 1.54) is 18.9 Å². The first-order valence-electron chi connectivity index (χ1n) is 6.77. The molecule has 1 saturated carbocycles. The molecule has 1 heterocycles. The van der Waals surface area contributed by atoms with Crippen LogP contribution in [0.4, 0.5) is 17.3 Å². The van der Waals surface area contributed by atoms with E-state index in [0.717, 1.165) is 13.0 Å². The van der Waals surface area contributed by atoms with Crippen LogP contribution in [-0.4, -0.2) is 22.5 Å². The second kappa shape index (κ2) is 5.86. The molecule has 19 heavy (non-hydrogen) atoms. The summed E-state index contributed by atoms with van der Waals surface area (Å²) in [6.45, 7) is 4.88. The van der Waals surface area contributed by atoms with Gasteiger partial charge in [0.1, 0.15) is 5.82 Å². The third-order valence-electron chi connectivity index (χ3n) is 3.61. The lowest BCUT2D eigenvalue weighted by atomic mass is 10.1. The summed E-state index contributed by atoms with van der Waals surface area (Å²) in [5.74, 6) is 1.58. The van der Waals surface area contributed by atoms with Crippen molar-refractivity contribution in [2.45, 2.75) is 39.2 Å². The molecule has 1 fully saturated rings. The molecule has 0 bridgehead atoms. The van der Waals surface area contributed by atoms with Gasteiger partial charge in [0.05, 0.1) is 4.92 Å². The molecule has 1 aliphatic carbocycles. The summed E-state index contributed by atoms with van der Waals surface area (Å²) in [5, 5.41) is 17.4. The van der Waals surface area contributed by atoms with Crippen LogP contribution in [-0.2, 0) is 0 Å². The number of anilines is 2. The Bertz CT molecular complexity index is 464. The standard InChI is InChI=1S/C13H20N4O2/c1-3-14-12-8-7-11(17(18)19)13(16-12)15-10-6-4-5-9(10)2/h7-10H,3-6H2,1-2H3,(H2,14,15,16). The van der Waals surface area contributed by atoms with E-state index in [1.807, 2.05) is 6.92 Å². The maximum Gasteiger partial charge on any atom is 0.311 e. The largest absolute Gasteiger partial charge is 0.370 e. The van der Waals surface area contributed by atoms with Crippen molar-refractivity contribution in [3.8, 4) is 0 Å². The molecule has 0 aliphatic heterocycles. The van der Waals surface area contributed by atoms with Crippen LogP contribution in [0.5, 0.6) is 0 Å². The third-order valence-corrected chi connectivity index (χ3v) is 3.61. The van der Waals surface area contributed by atoms with Crippen molar-refractivity contribution >= 4 is 17.3 Å². The Kier molecular flexibility index (Phi) is 4.19. The quantitative estimate of drug-likeness (QED) is 0.631. The number of rotatable bonds is 5. The summed E-state index contributed by atoms with van der Waals surface area (Å²) in [7, 11) is 0. The van der Waals surface area contributed by atoms with Crippen LogP contribution in [0.2, 0.25) is 0 Å². The van der Waals surface area contributed by atoms with Gasteiger partial charge in [0.15, 0.2) is 0 Å². The highest BCUT2D eigenvalue weighted by molar-refractivity contribution is 5.60. The Labute approximate surface area is 112 Å². The smallest absolute Gasteiger partial charge is 0.311 e. The summed E-state index contributed by atoms with van der Waals surface area (Å²) in [6.07, 6.45) is 3.38. The SMILES string of the molecule is CCNc1ccc([N+](=O)[O-])c(NC2CCCC2C)n1. The molecule has 104 valence electrons. The number of pyridine rings is 1. The van der Waals surface area contributed by atoms with Crippen molar-refractivity contribution in [1.82, 2.24) is 4.98 Å². The van der Waals surface area contributed by atoms with Crippen molar-refractivity contribution in [2.24, 2.45) is 5.92 Å². The molecule has 2 unspecified atom stereocenters. The summed E-state index contributed by atoms with van der Waals surface area (Å²) in [4.78, 5) is 15.0. The highest BCUT2D eigenvalue weighted by Crippen LogP contribution is 2.31. The van der Waals surface area contributed by atoms with Gasteiger partial charge in [-0.2, -0.15) is 0 Å². The van der Waals surface area contributed by atoms with E-state index >= 15 is 0 Å². The van der Waals surface area contributed by atoms with Crippen molar-refractivity contribution in [2.75, 3.05) is 17.2 Å². The van der Waals surface area contributed by atoms with Crippen LogP contribution in [0.1, 0.15) is 33.1 Å². The Morgan fingerprint density at radius 2 is 2.26 bits per heavy atom. The molecule has 0 saturated heterocycles. The molecule has 1 aromatic rings. The molecule has 0 spiro atoms. The average molecular weight is 264 g/mol. The molecule has 1 aliphatic rings. The van der Waals surface area contributed by atoms with Gasteiger partial charge in [-0.05, 0) is 31.7 Å². The highest BCUT2D eigenvalue weighted by Gasteiger charge is 2.26. The monoisotopic (exact) mass is 264 g/mol. The molecule has 0 aromatic carbocycles. The van der Waals surface area contributed by atoms with Gasteiger partial charge in [0, 0.05) is 18.7 Å². The molecule has 0 radical (unpaired) electrons. The lowest BCUT2D eigenvalue weighted by Gasteiger charge is -2.18. The van der Waals surface area contributed by atoms with E-state index in [9.17, 15) is 10.1 Å². The van der Waals surface area contributed by atoms with E-state index < -0.39 is 0 Å². The maximum atomic E-state index is 11.1. The van der Waals surface area contributed by atoms with Gasteiger partial charge < -0.3 is 10.6 Å². The number of hydrogen-bond donors (Lipinski definition) is 2. The zero-order valence-corrected chi connectivity index (χ0v) is 11.3. The Morgan fingerprint density at radius 1 is 1.47 bits per heavy atom. The topological polar surface area (TPSA) is 80.1 Å². The van der Waals surface area contributed by atoms with Gasteiger partial charge in [-0.25, -0.2) is 4.98 Å². The Morgan fingerprint density at radius 3 is 2.84 bits per heavy atom. The zero-order chi connectivity index (χ0) is 13.8. The van der Waals surface area contributed by atoms with Gasteiger partial charge >= 0.3 is 5.69 Å². The molecule has 1 aromatic heterocycles. The number of nitrogens with one attached hydrogen (secondary N) is 2. The Balaban J connectivity index is 2.24. The minimum absolute atomic E-state index is 0.0424. The predicted octanol–water partition coefficient (Wildman–Crippen LogP) is 3.02. The zero-order valence-electron chi connectivity index (χ0n) is 11.3. The second-order valence-electron chi connectivity index (χ2n) is 5.01. The fourth-order valence-electron chi connectivity index (χ4n) is 2.52. The van der Waals surface area contributed by atoms with Crippen LogP contribution < -0.4 is 10.6 Å². The summed E-state index contributed by atoms with van der Waals surface area (Å²) in [5.41, 5.74) is 0.0424. The first kappa shape index (κ1) is 13.6. The lowest BCUT2D eigenvalue weighted by molar-refractivity contribution is -0.384. The van der Waals surface area contributed by atoms with Crippen molar-refractivity contribution < 1.29 is 4.92 Å². The average Bonchev–Trinajstić information content (AvgIpc) is 2.75.